The van der Waals surface area contributed by atoms with Crippen LogP contribution in [0.1, 0.15) is 17.5 Å². The zero-order valence-electron chi connectivity index (χ0n) is 17.1. The molecule has 3 heterocycles. The van der Waals surface area contributed by atoms with Crippen LogP contribution in [-0.4, -0.2) is 25.3 Å². The second-order valence-corrected chi connectivity index (χ2v) is 7.71. The Morgan fingerprint density at radius 2 is 1.91 bits per heavy atom. The van der Waals surface area contributed by atoms with Gasteiger partial charge < -0.3 is 14.9 Å². The summed E-state index contributed by atoms with van der Waals surface area (Å²) in [5.41, 5.74) is 7.47. The van der Waals surface area contributed by atoms with E-state index >= 15 is 0 Å². The maximum absolute atomic E-state index is 9.20. The molecule has 32 heavy (non-hydrogen) atoms. The summed E-state index contributed by atoms with van der Waals surface area (Å²) >= 11 is 0. The molecule has 0 saturated carbocycles. The predicted octanol–water partition coefficient (Wildman–Crippen LogP) is 5.52. The third kappa shape index (κ3) is 3.02. The molecule has 0 unspecified atom stereocenters. The number of oxime groups is 1. The van der Waals surface area contributed by atoms with Crippen LogP contribution >= 0.6 is 0 Å². The van der Waals surface area contributed by atoms with Gasteiger partial charge in [-0.25, -0.2) is 4.98 Å². The molecule has 7 nitrogen and oxygen atoms in total. The fraction of sp³-hybridized carbons (Fsp3) is 0.0800. The van der Waals surface area contributed by atoms with E-state index < -0.39 is 0 Å². The number of aromatic nitrogens is 3. The smallest absolute Gasteiger partial charge is 0.157 e. The monoisotopic (exact) mass is 421 g/mol. The van der Waals surface area contributed by atoms with Crippen LogP contribution in [0.15, 0.2) is 89.0 Å². The molecule has 6 rings (SSSR count). The van der Waals surface area contributed by atoms with Gasteiger partial charge in [0.2, 0.25) is 0 Å². The van der Waals surface area contributed by atoms with Crippen molar-refractivity contribution in [3.8, 4) is 22.6 Å². The summed E-state index contributed by atoms with van der Waals surface area (Å²) in [5, 5.41) is 16.2. The third-order valence-corrected chi connectivity index (χ3v) is 5.82. The molecule has 1 aliphatic rings. The van der Waals surface area contributed by atoms with Crippen LogP contribution in [-0.2, 0) is 6.42 Å². The van der Waals surface area contributed by atoms with Crippen molar-refractivity contribution in [3.63, 3.8) is 0 Å². The first-order valence-corrected chi connectivity index (χ1v) is 10.4. The summed E-state index contributed by atoms with van der Waals surface area (Å²) < 4.78 is 7.50. The molecule has 0 saturated heterocycles. The van der Waals surface area contributed by atoms with Crippen LogP contribution in [0.2, 0.25) is 0 Å². The highest BCUT2D eigenvalue weighted by molar-refractivity contribution is 6.04. The first kappa shape index (κ1) is 18.4. The Morgan fingerprint density at radius 3 is 2.72 bits per heavy atom. The zero-order chi connectivity index (χ0) is 21.5. The number of benzene rings is 2. The molecule has 2 N–H and O–H groups in total. The van der Waals surface area contributed by atoms with Crippen molar-refractivity contribution < 1.29 is 9.62 Å². The molecule has 5 aromatic rings. The first-order valence-electron chi connectivity index (χ1n) is 10.4. The van der Waals surface area contributed by atoms with E-state index in [1.54, 1.807) is 18.7 Å². The molecule has 156 valence electrons. The number of furan rings is 1. The molecule has 0 radical (unpaired) electrons. The summed E-state index contributed by atoms with van der Waals surface area (Å²) in [6.07, 6.45) is 8.68. The van der Waals surface area contributed by atoms with E-state index in [4.69, 9.17) is 9.40 Å². The molecule has 0 fully saturated rings. The molecule has 7 heteroatoms. The van der Waals surface area contributed by atoms with Gasteiger partial charge in [0.1, 0.15) is 17.3 Å². The van der Waals surface area contributed by atoms with Crippen molar-refractivity contribution in [2.24, 2.45) is 5.16 Å². The summed E-state index contributed by atoms with van der Waals surface area (Å²) in [5.74, 6) is 1.69. The lowest BCUT2D eigenvalue weighted by Gasteiger charge is -2.11. The van der Waals surface area contributed by atoms with E-state index in [0.717, 1.165) is 63.9 Å². The predicted molar refractivity (Wildman–Crippen MR) is 122 cm³/mol. The lowest BCUT2D eigenvalue weighted by atomic mass is 10.1. The van der Waals surface area contributed by atoms with E-state index in [0.29, 0.717) is 0 Å². The Labute approximate surface area is 183 Å². The highest BCUT2D eigenvalue weighted by Gasteiger charge is 2.20. The highest BCUT2D eigenvalue weighted by atomic mass is 16.4. The van der Waals surface area contributed by atoms with Crippen molar-refractivity contribution >= 4 is 22.9 Å². The number of aryl methyl sites for hydroxylation is 1. The number of imidazole rings is 1. The number of nitrogens with zero attached hydrogens (tertiary/aromatic N) is 4. The highest BCUT2D eigenvalue weighted by Crippen LogP contribution is 2.34. The molecule has 0 amide bonds. The Bertz CT molecular complexity index is 1450. The fourth-order valence-electron chi connectivity index (χ4n) is 4.25. The van der Waals surface area contributed by atoms with Gasteiger partial charge in [0.05, 0.1) is 18.2 Å². The average molecular weight is 421 g/mol. The van der Waals surface area contributed by atoms with Gasteiger partial charge in [-0.2, -0.15) is 0 Å². The minimum absolute atomic E-state index is 0.741. The number of fused-ring (bicyclic) bond motifs is 2. The van der Waals surface area contributed by atoms with E-state index in [9.17, 15) is 5.21 Å². The first-order chi connectivity index (χ1) is 15.8. The van der Waals surface area contributed by atoms with Crippen molar-refractivity contribution in [2.75, 3.05) is 5.32 Å². The second-order valence-electron chi connectivity index (χ2n) is 7.71. The lowest BCUT2D eigenvalue weighted by molar-refractivity contribution is 0.318. The van der Waals surface area contributed by atoms with Crippen LogP contribution in [0.5, 0.6) is 0 Å². The lowest BCUT2D eigenvalue weighted by Crippen LogP contribution is -1.99. The standard InChI is InChI=1S/C25H19N5O2/c31-29-21-10-7-18-14-19(8-9-20(18)21)27-25-24(28-23-15-26-11-12-30(23)25)17-5-3-16(4-6-17)22-2-1-13-32-22/h1-6,8-9,11-15,27,31H,7,10H2/b29-21+. The van der Waals surface area contributed by atoms with E-state index in [2.05, 4.69) is 21.5 Å². The van der Waals surface area contributed by atoms with Gasteiger partial charge in [-0.3, -0.25) is 9.38 Å². The Hall–Kier alpha value is -4.39. The van der Waals surface area contributed by atoms with Gasteiger partial charge >= 0.3 is 0 Å². The molecule has 0 bridgehead atoms. The largest absolute Gasteiger partial charge is 0.464 e. The third-order valence-electron chi connectivity index (χ3n) is 5.82. The van der Waals surface area contributed by atoms with Crippen molar-refractivity contribution in [1.29, 1.82) is 0 Å². The van der Waals surface area contributed by atoms with Crippen molar-refractivity contribution in [2.45, 2.75) is 12.8 Å². The minimum atomic E-state index is 0.741. The van der Waals surface area contributed by atoms with Gasteiger partial charge in [-0.15, -0.1) is 0 Å². The Balaban J connectivity index is 1.41. The quantitative estimate of drug-likeness (QED) is 0.294. The van der Waals surface area contributed by atoms with E-state index in [-0.39, 0.29) is 0 Å². The molecule has 0 aliphatic heterocycles. The topological polar surface area (TPSA) is 88.0 Å². The van der Waals surface area contributed by atoms with Crippen LogP contribution in [0.4, 0.5) is 11.5 Å². The van der Waals surface area contributed by atoms with Gasteiger partial charge in [-0.1, -0.05) is 35.5 Å². The SMILES string of the molecule is O/N=C1\CCc2cc(Nc3c(-c4ccc(-c5ccco5)cc4)nc4cnccn34)ccc21. The normalized spacial score (nSPS) is 14.2. The molecule has 0 atom stereocenters. The van der Waals surface area contributed by atoms with Crippen molar-refractivity contribution in [3.05, 3.63) is 90.6 Å². The maximum Gasteiger partial charge on any atom is 0.157 e. The summed E-state index contributed by atoms with van der Waals surface area (Å²) in [4.78, 5) is 9.05. The van der Waals surface area contributed by atoms with E-state index in [1.807, 2.05) is 59.1 Å². The van der Waals surface area contributed by atoms with E-state index in [1.165, 1.54) is 5.56 Å². The zero-order valence-corrected chi connectivity index (χ0v) is 17.1. The van der Waals surface area contributed by atoms with Crippen LogP contribution in [0.3, 0.4) is 0 Å². The average Bonchev–Trinajstić information content (AvgIpc) is 3.58. The number of nitrogens with one attached hydrogen (secondary N) is 1. The maximum atomic E-state index is 9.20. The van der Waals surface area contributed by atoms with Crippen molar-refractivity contribution in [1.82, 2.24) is 14.4 Å². The number of anilines is 2. The molecule has 2 aromatic carbocycles. The van der Waals surface area contributed by atoms with Gasteiger partial charge in [-0.05, 0) is 42.7 Å². The summed E-state index contributed by atoms with van der Waals surface area (Å²) in [6, 6.07) is 18.1. The van der Waals surface area contributed by atoms with Gasteiger partial charge in [0.25, 0.3) is 0 Å². The summed E-state index contributed by atoms with van der Waals surface area (Å²) in [6.45, 7) is 0. The Morgan fingerprint density at radius 1 is 1.03 bits per heavy atom. The fourth-order valence-corrected chi connectivity index (χ4v) is 4.25. The number of hydrogen-bond donors (Lipinski definition) is 2. The van der Waals surface area contributed by atoms with Crippen LogP contribution in [0, 0.1) is 0 Å². The second kappa shape index (κ2) is 7.39. The minimum Gasteiger partial charge on any atom is -0.464 e. The number of hydrogen-bond acceptors (Lipinski definition) is 6. The number of rotatable bonds is 4. The van der Waals surface area contributed by atoms with Gasteiger partial charge in [0.15, 0.2) is 5.65 Å². The summed E-state index contributed by atoms with van der Waals surface area (Å²) in [7, 11) is 0. The Kier molecular flexibility index (Phi) is 4.24. The molecule has 3 aromatic heterocycles. The molecule has 1 aliphatic carbocycles. The van der Waals surface area contributed by atoms with Crippen LogP contribution < -0.4 is 5.32 Å². The van der Waals surface area contributed by atoms with Gasteiger partial charge in [0, 0.05) is 34.8 Å². The van der Waals surface area contributed by atoms with Crippen LogP contribution in [0.25, 0.3) is 28.2 Å². The molecular weight excluding hydrogens is 402 g/mol. The molecule has 0 spiro atoms. The molecular formula is C25H19N5O2.